The van der Waals surface area contributed by atoms with E-state index in [-0.39, 0.29) is 11.3 Å². The summed E-state index contributed by atoms with van der Waals surface area (Å²) in [6.45, 7) is 3.99. The predicted molar refractivity (Wildman–Crippen MR) is 85.2 cm³/mol. The highest BCUT2D eigenvalue weighted by atomic mass is 16.2. The van der Waals surface area contributed by atoms with Gasteiger partial charge in [0.1, 0.15) is 0 Å². The van der Waals surface area contributed by atoms with Gasteiger partial charge in [-0.15, -0.1) is 0 Å². The second-order valence-corrected chi connectivity index (χ2v) is 6.64. The smallest absolute Gasteiger partial charge is 0.227 e. The van der Waals surface area contributed by atoms with Gasteiger partial charge in [-0.25, -0.2) is 0 Å². The van der Waals surface area contributed by atoms with E-state index in [4.69, 9.17) is 0 Å². The van der Waals surface area contributed by atoms with Gasteiger partial charge in [0.15, 0.2) is 0 Å². The van der Waals surface area contributed by atoms with Crippen LogP contribution in [0.2, 0.25) is 0 Å². The van der Waals surface area contributed by atoms with E-state index in [1.807, 2.05) is 0 Å². The molecule has 0 saturated carbocycles. The first-order valence-electron chi connectivity index (χ1n) is 8.32. The van der Waals surface area contributed by atoms with Crippen molar-refractivity contribution >= 4 is 5.91 Å². The second kappa shape index (κ2) is 6.18. The Kier molecular flexibility index (Phi) is 4.29. The molecule has 1 heterocycles. The molecule has 2 unspecified atom stereocenters. The first-order chi connectivity index (χ1) is 10.2. The normalized spacial score (nSPS) is 28.1. The van der Waals surface area contributed by atoms with E-state index >= 15 is 0 Å². The first-order valence-corrected chi connectivity index (χ1v) is 8.32. The summed E-state index contributed by atoms with van der Waals surface area (Å²) in [7, 11) is 0. The lowest BCUT2D eigenvalue weighted by molar-refractivity contribution is -0.131. The van der Waals surface area contributed by atoms with Gasteiger partial charge in [-0.3, -0.25) is 4.79 Å². The zero-order valence-electron chi connectivity index (χ0n) is 13.0. The highest BCUT2D eigenvalue weighted by molar-refractivity contribution is 5.83. The quantitative estimate of drug-likeness (QED) is 0.892. The van der Waals surface area contributed by atoms with Crippen LogP contribution in [-0.2, 0) is 17.6 Å². The molecule has 1 fully saturated rings. The van der Waals surface area contributed by atoms with E-state index in [0.29, 0.717) is 6.04 Å². The van der Waals surface area contributed by atoms with Gasteiger partial charge < -0.3 is 10.6 Å². The van der Waals surface area contributed by atoms with Crippen molar-refractivity contribution in [3.8, 4) is 0 Å². The molecular formula is C18H26N2O. The molecule has 1 aromatic carbocycles. The maximum Gasteiger partial charge on any atom is 0.227 e. The second-order valence-electron chi connectivity index (χ2n) is 6.64. The summed E-state index contributed by atoms with van der Waals surface area (Å²) in [4.78, 5) is 12.8. The van der Waals surface area contributed by atoms with Gasteiger partial charge in [-0.1, -0.05) is 37.6 Å². The Morgan fingerprint density at radius 1 is 1.38 bits per heavy atom. The Morgan fingerprint density at radius 3 is 2.90 bits per heavy atom. The summed E-state index contributed by atoms with van der Waals surface area (Å²) in [6, 6.07) is 8.93. The van der Waals surface area contributed by atoms with Crippen molar-refractivity contribution in [1.82, 2.24) is 10.6 Å². The Morgan fingerprint density at radius 2 is 2.19 bits per heavy atom. The minimum atomic E-state index is -0.161. The summed E-state index contributed by atoms with van der Waals surface area (Å²) < 4.78 is 0. The molecule has 3 rings (SSSR count). The molecule has 3 nitrogen and oxygen atoms in total. The molecule has 2 aliphatic rings. The molecule has 2 N–H and O–H groups in total. The molecule has 2 atom stereocenters. The van der Waals surface area contributed by atoms with Gasteiger partial charge in [0.05, 0.1) is 5.41 Å². The molecular weight excluding hydrogens is 260 g/mol. The van der Waals surface area contributed by atoms with Crippen LogP contribution in [0.4, 0.5) is 0 Å². The van der Waals surface area contributed by atoms with Crippen LogP contribution in [0.3, 0.4) is 0 Å². The number of carbonyl (C=O) groups is 1. The van der Waals surface area contributed by atoms with Crippen LogP contribution < -0.4 is 10.6 Å². The molecule has 0 radical (unpaired) electrons. The molecule has 0 aromatic heterocycles. The van der Waals surface area contributed by atoms with Gasteiger partial charge in [-0.05, 0) is 49.8 Å². The summed E-state index contributed by atoms with van der Waals surface area (Å²) in [5, 5.41) is 6.72. The number of benzene rings is 1. The molecule has 1 aliphatic carbocycles. The minimum Gasteiger partial charge on any atom is -0.353 e. The van der Waals surface area contributed by atoms with E-state index in [1.54, 1.807) is 0 Å². The SMILES string of the molecule is CCCC1(C(=O)NC2CCc3ccccc3C2)CCNC1. The maximum atomic E-state index is 12.8. The number of carbonyl (C=O) groups excluding carboxylic acids is 1. The molecule has 1 aromatic rings. The number of fused-ring (bicyclic) bond motifs is 1. The summed E-state index contributed by atoms with van der Waals surface area (Å²) in [6.07, 6.45) is 6.18. The van der Waals surface area contributed by atoms with E-state index in [9.17, 15) is 4.79 Å². The van der Waals surface area contributed by atoms with Gasteiger partial charge in [0, 0.05) is 12.6 Å². The minimum absolute atomic E-state index is 0.161. The first kappa shape index (κ1) is 14.6. The zero-order valence-corrected chi connectivity index (χ0v) is 13.0. The summed E-state index contributed by atoms with van der Waals surface area (Å²) in [5.41, 5.74) is 2.70. The number of nitrogens with one attached hydrogen (secondary N) is 2. The predicted octanol–water partition coefficient (Wildman–Crippen LogP) is 2.44. The summed E-state index contributed by atoms with van der Waals surface area (Å²) in [5.74, 6) is 0.277. The largest absolute Gasteiger partial charge is 0.353 e. The molecule has 114 valence electrons. The Labute approximate surface area is 127 Å². The van der Waals surface area contributed by atoms with Crippen LogP contribution in [0.15, 0.2) is 24.3 Å². The number of aryl methyl sites for hydroxylation is 1. The lowest BCUT2D eigenvalue weighted by atomic mass is 9.80. The lowest BCUT2D eigenvalue weighted by Crippen LogP contribution is -2.48. The molecule has 21 heavy (non-hydrogen) atoms. The fourth-order valence-corrected chi connectivity index (χ4v) is 3.90. The van der Waals surface area contributed by atoms with Crippen LogP contribution in [-0.4, -0.2) is 25.0 Å². The van der Waals surface area contributed by atoms with Crippen molar-refractivity contribution in [3.63, 3.8) is 0 Å². The van der Waals surface area contributed by atoms with Crippen molar-refractivity contribution in [2.24, 2.45) is 5.41 Å². The number of rotatable bonds is 4. The van der Waals surface area contributed by atoms with Crippen molar-refractivity contribution in [2.75, 3.05) is 13.1 Å². The topological polar surface area (TPSA) is 41.1 Å². The Hall–Kier alpha value is -1.35. The third-order valence-electron chi connectivity index (χ3n) is 5.14. The Balaban J connectivity index is 1.65. The standard InChI is InChI=1S/C18H26N2O/c1-2-9-18(10-11-19-13-18)17(21)20-16-8-7-14-5-3-4-6-15(14)12-16/h3-6,16,19H,2,7-13H2,1H3,(H,20,21). The van der Waals surface area contributed by atoms with Crippen molar-refractivity contribution in [3.05, 3.63) is 35.4 Å². The van der Waals surface area contributed by atoms with E-state index < -0.39 is 0 Å². The van der Waals surface area contributed by atoms with Crippen LogP contribution in [0, 0.1) is 5.41 Å². The van der Waals surface area contributed by atoms with Gasteiger partial charge in [-0.2, -0.15) is 0 Å². The van der Waals surface area contributed by atoms with Gasteiger partial charge >= 0.3 is 0 Å². The number of hydrogen-bond acceptors (Lipinski definition) is 2. The highest BCUT2D eigenvalue weighted by Crippen LogP contribution is 2.32. The van der Waals surface area contributed by atoms with Crippen LogP contribution >= 0.6 is 0 Å². The lowest BCUT2D eigenvalue weighted by Gasteiger charge is -2.31. The van der Waals surface area contributed by atoms with Crippen molar-refractivity contribution in [1.29, 1.82) is 0 Å². The third-order valence-corrected chi connectivity index (χ3v) is 5.14. The average Bonchev–Trinajstić information content (AvgIpc) is 2.97. The Bertz CT molecular complexity index is 506. The van der Waals surface area contributed by atoms with Crippen LogP contribution in [0.5, 0.6) is 0 Å². The monoisotopic (exact) mass is 286 g/mol. The fourth-order valence-electron chi connectivity index (χ4n) is 3.90. The molecule has 1 aliphatic heterocycles. The van der Waals surface area contributed by atoms with Crippen LogP contribution in [0.1, 0.15) is 43.7 Å². The van der Waals surface area contributed by atoms with E-state index in [2.05, 4.69) is 41.8 Å². The fraction of sp³-hybridized carbons (Fsp3) is 0.611. The average molecular weight is 286 g/mol. The van der Waals surface area contributed by atoms with Crippen molar-refractivity contribution in [2.45, 2.75) is 51.5 Å². The molecule has 1 amide bonds. The molecule has 0 bridgehead atoms. The van der Waals surface area contributed by atoms with Crippen molar-refractivity contribution < 1.29 is 4.79 Å². The number of amides is 1. The van der Waals surface area contributed by atoms with E-state index in [0.717, 1.165) is 51.6 Å². The van der Waals surface area contributed by atoms with E-state index in [1.165, 1.54) is 11.1 Å². The van der Waals surface area contributed by atoms with Crippen LogP contribution in [0.25, 0.3) is 0 Å². The summed E-state index contributed by atoms with van der Waals surface area (Å²) >= 11 is 0. The third kappa shape index (κ3) is 2.98. The van der Waals surface area contributed by atoms with Gasteiger partial charge in [0.25, 0.3) is 0 Å². The maximum absolute atomic E-state index is 12.8. The molecule has 1 saturated heterocycles. The molecule has 3 heteroatoms. The zero-order chi connectivity index (χ0) is 14.7. The number of hydrogen-bond donors (Lipinski definition) is 2. The molecule has 0 spiro atoms. The highest BCUT2D eigenvalue weighted by Gasteiger charge is 2.41. The van der Waals surface area contributed by atoms with Gasteiger partial charge in [0.2, 0.25) is 5.91 Å².